The van der Waals surface area contributed by atoms with Gasteiger partial charge in [0.1, 0.15) is 0 Å². The summed E-state index contributed by atoms with van der Waals surface area (Å²) in [6.45, 7) is 6.85. The van der Waals surface area contributed by atoms with Crippen LogP contribution in [0.1, 0.15) is 58.8 Å². The van der Waals surface area contributed by atoms with Crippen molar-refractivity contribution in [2.45, 2.75) is 64.9 Å². The van der Waals surface area contributed by atoms with E-state index in [4.69, 9.17) is 9.47 Å². The minimum Gasteiger partial charge on any atom is -0.381 e. The molecular formula is C15H28O2. The Bertz CT molecular complexity index is 223. The van der Waals surface area contributed by atoms with Crippen molar-refractivity contribution in [3.63, 3.8) is 0 Å². The maximum atomic E-state index is 6.05. The molecule has 2 fully saturated rings. The Balaban J connectivity index is 2.09. The van der Waals surface area contributed by atoms with Crippen LogP contribution in [-0.4, -0.2) is 25.9 Å². The second-order valence-electron chi connectivity index (χ2n) is 5.69. The van der Waals surface area contributed by atoms with E-state index < -0.39 is 0 Å². The quantitative estimate of drug-likeness (QED) is 0.703. The van der Waals surface area contributed by atoms with Gasteiger partial charge in [0.25, 0.3) is 0 Å². The van der Waals surface area contributed by atoms with E-state index in [1.54, 1.807) is 0 Å². The summed E-state index contributed by atoms with van der Waals surface area (Å²) in [7, 11) is 0. The molecule has 2 heteroatoms. The predicted molar refractivity (Wildman–Crippen MR) is 70.1 cm³/mol. The van der Waals surface area contributed by atoms with Crippen molar-refractivity contribution in [1.82, 2.24) is 0 Å². The third-order valence-corrected chi connectivity index (χ3v) is 4.86. The zero-order valence-electron chi connectivity index (χ0n) is 11.5. The van der Waals surface area contributed by atoms with Crippen LogP contribution in [0.25, 0.3) is 0 Å². The maximum absolute atomic E-state index is 6.05. The molecule has 2 atom stereocenters. The van der Waals surface area contributed by atoms with E-state index in [1.807, 2.05) is 0 Å². The van der Waals surface area contributed by atoms with Gasteiger partial charge in [0.15, 0.2) is 0 Å². The van der Waals surface area contributed by atoms with Crippen LogP contribution in [0, 0.1) is 11.3 Å². The van der Waals surface area contributed by atoms with Gasteiger partial charge in [0.05, 0.1) is 12.7 Å². The molecule has 17 heavy (non-hydrogen) atoms. The fraction of sp³-hybridized carbons (Fsp3) is 1.00. The van der Waals surface area contributed by atoms with E-state index >= 15 is 0 Å². The van der Waals surface area contributed by atoms with E-state index in [-0.39, 0.29) is 0 Å². The first kappa shape index (κ1) is 13.4. The lowest BCUT2D eigenvalue weighted by molar-refractivity contribution is -0.0884. The molecule has 0 heterocycles. The molecule has 0 aromatic carbocycles. The molecular weight excluding hydrogens is 212 g/mol. The standard InChI is InChI=1S/C15H28O2/c1-3-16-12-15(13-8-5-6-9-13)11-7-10-14(15)17-4-2/h13-14H,3-12H2,1-2H3. The van der Waals surface area contributed by atoms with Crippen molar-refractivity contribution >= 4 is 0 Å². The zero-order valence-corrected chi connectivity index (χ0v) is 11.5. The van der Waals surface area contributed by atoms with Crippen LogP contribution in [-0.2, 0) is 9.47 Å². The summed E-state index contributed by atoms with van der Waals surface area (Å²) in [5, 5.41) is 0. The molecule has 0 N–H and O–H groups in total. The van der Waals surface area contributed by atoms with Crippen LogP contribution in [0.5, 0.6) is 0 Å². The van der Waals surface area contributed by atoms with Gasteiger partial charge in [-0.05, 0) is 45.4 Å². The first-order valence-electron chi connectivity index (χ1n) is 7.53. The highest BCUT2D eigenvalue weighted by atomic mass is 16.5. The van der Waals surface area contributed by atoms with E-state index in [0.29, 0.717) is 11.5 Å². The second kappa shape index (κ2) is 6.19. The Labute approximate surface area is 106 Å². The number of hydrogen-bond acceptors (Lipinski definition) is 2. The van der Waals surface area contributed by atoms with Crippen molar-refractivity contribution in [2.24, 2.45) is 11.3 Å². The number of hydrogen-bond donors (Lipinski definition) is 0. The molecule has 0 aromatic rings. The average Bonchev–Trinajstić information content (AvgIpc) is 2.96. The average molecular weight is 240 g/mol. The van der Waals surface area contributed by atoms with Gasteiger partial charge in [0, 0.05) is 18.6 Å². The van der Waals surface area contributed by atoms with Crippen molar-refractivity contribution in [1.29, 1.82) is 0 Å². The molecule has 0 spiro atoms. The molecule has 2 aliphatic rings. The summed E-state index contributed by atoms with van der Waals surface area (Å²) in [6, 6.07) is 0. The van der Waals surface area contributed by atoms with E-state index in [1.165, 1.54) is 44.9 Å². The molecule has 2 aliphatic carbocycles. The lowest BCUT2D eigenvalue weighted by Gasteiger charge is -2.40. The monoisotopic (exact) mass is 240 g/mol. The maximum Gasteiger partial charge on any atom is 0.0655 e. The Morgan fingerprint density at radius 3 is 2.41 bits per heavy atom. The van der Waals surface area contributed by atoms with Crippen LogP contribution < -0.4 is 0 Å². The third-order valence-electron chi connectivity index (χ3n) is 4.86. The smallest absolute Gasteiger partial charge is 0.0655 e. The third kappa shape index (κ3) is 2.68. The second-order valence-corrected chi connectivity index (χ2v) is 5.69. The first-order valence-corrected chi connectivity index (χ1v) is 7.53. The normalized spacial score (nSPS) is 34.6. The Kier molecular flexibility index (Phi) is 4.87. The zero-order chi connectivity index (χ0) is 12.1. The fourth-order valence-electron chi connectivity index (χ4n) is 4.06. The lowest BCUT2D eigenvalue weighted by atomic mass is 9.72. The SMILES string of the molecule is CCOCC1(C2CCCC2)CCCC1OCC. The number of ether oxygens (including phenoxy) is 2. The molecule has 0 amide bonds. The summed E-state index contributed by atoms with van der Waals surface area (Å²) < 4.78 is 11.9. The topological polar surface area (TPSA) is 18.5 Å². The van der Waals surface area contributed by atoms with Gasteiger partial charge in [0.2, 0.25) is 0 Å². The molecule has 2 nitrogen and oxygen atoms in total. The molecule has 0 bridgehead atoms. The molecule has 0 aromatic heterocycles. The van der Waals surface area contributed by atoms with Crippen molar-refractivity contribution in [3.05, 3.63) is 0 Å². The van der Waals surface area contributed by atoms with Gasteiger partial charge in [-0.15, -0.1) is 0 Å². The molecule has 2 saturated carbocycles. The van der Waals surface area contributed by atoms with Crippen molar-refractivity contribution in [3.8, 4) is 0 Å². The van der Waals surface area contributed by atoms with E-state index in [2.05, 4.69) is 13.8 Å². The largest absolute Gasteiger partial charge is 0.381 e. The van der Waals surface area contributed by atoms with Crippen LogP contribution in [0.3, 0.4) is 0 Å². The van der Waals surface area contributed by atoms with Gasteiger partial charge in [-0.1, -0.05) is 19.3 Å². The Morgan fingerprint density at radius 2 is 1.76 bits per heavy atom. The summed E-state index contributed by atoms with van der Waals surface area (Å²) in [6.07, 6.45) is 9.98. The molecule has 100 valence electrons. The van der Waals surface area contributed by atoms with Crippen LogP contribution in [0.2, 0.25) is 0 Å². The van der Waals surface area contributed by atoms with Gasteiger partial charge in [-0.2, -0.15) is 0 Å². The van der Waals surface area contributed by atoms with Gasteiger partial charge >= 0.3 is 0 Å². The summed E-state index contributed by atoms with van der Waals surface area (Å²) in [4.78, 5) is 0. The molecule has 2 rings (SSSR count). The summed E-state index contributed by atoms with van der Waals surface area (Å²) in [5.41, 5.74) is 0.350. The molecule has 0 aliphatic heterocycles. The molecule has 0 saturated heterocycles. The lowest BCUT2D eigenvalue weighted by Crippen LogP contribution is -2.42. The van der Waals surface area contributed by atoms with Gasteiger partial charge < -0.3 is 9.47 Å². The van der Waals surface area contributed by atoms with Gasteiger partial charge in [-0.3, -0.25) is 0 Å². The van der Waals surface area contributed by atoms with Crippen LogP contribution >= 0.6 is 0 Å². The van der Waals surface area contributed by atoms with Crippen molar-refractivity contribution in [2.75, 3.05) is 19.8 Å². The highest BCUT2D eigenvalue weighted by Crippen LogP contribution is 2.51. The van der Waals surface area contributed by atoms with E-state index in [9.17, 15) is 0 Å². The summed E-state index contributed by atoms with van der Waals surface area (Å²) >= 11 is 0. The number of rotatable bonds is 6. The fourth-order valence-corrected chi connectivity index (χ4v) is 4.06. The molecule has 2 unspecified atom stereocenters. The van der Waals surface area contributed by atoms with E-state index in [0.717, 1.165) is 25.7 Å². The van der Waals surface area contributed by atoms with Gasteiger partial charge in [-0.25, -0.2) is 0 Å². The Morgan fingerprint density at radius 1 is 1.00 bits per heavy atom. The molecule has 0 radical (unpaired) electrons. The van der Waals surface area contributed by atoms with Crippen LogP contribution in [0.15, 0.2) is 0 Å². The predicted octanol–water partition coefficient (Wildman–Crippen LogP) is 3.79. The van der Waals surface area contributed by atoms with Crippen molar-refractivity contribution < 1.29 is 9.47 Å². The highest BCUT2D eigenvalue weighted by Gasteiger charge is 2.49. The summed E-state index contributed by atoms with van der Waals surface area (Å²) in [5.74, 6) is 0.855. The highest BCUT2D eigenvalue weighted by molar-refractivity contribution is 4.99. The minimum atomic E-state index is 0.350. The minimum absolute atomic E-state index is 0.350. The Hall–Kier alpha value is -0.0800. The first-order chi connectivity index (χ1) is 8.33. The van der Waals surface area contributed by atoms with Crippen LogP contribution in [0.4, 0.5) is 0 Å².